The van der Waals surface area contributed by atoms with E-state index in [1.807, 2.05) is 31.2 Å². The monoisotopic (exact) mass is 335 g/mol. The summed E-state index contributed by atoms with van der Waals surface area (Å²) in [5, 5.41) is 4.78. The highest BCUT2D eigenvalue weighted by Gasteiger charge is 2.41. The van der Waals surface area contributed by atoms with Gasteiger partial charge in [0, 0.05) is 11.4 Å². The molecule has 1 atom stereocenters. The number of aromatic nitrogens is 3. The van der Waals surface area contributed by atoms with Crippen LogP contribution in [0.3, 0.4) is 0 Å². The van der Waals surface area contributed by atoms with E-state index in [4.69, 9.17) is 21.1 Å². The Morgan fingerprint density at radius 2 is 2.13 bits per heavy atom. The van der Waals surface area contributed by atoms with Gasteiger partial charge in [0.2, 0.25) is 0 Å². The summed E-state index contributed by atoms with van der Waals surface area (Å²) >= 11 is 6.25. The van der Waals surface area contributed by atoms with E-state index in [-0.39, 0.29) is 12.6 Å². The van der Waals surface area contributed by atoms with Gasteiger partial charge in [-0.2, -0.15) is 5.10 Å². The van der Waals surface area contributed by atoms with Crippen LogP contribution in [0.2, 0.25) is 5.02 Å². The van der Waals surface area contributed by atoms with Gasteiger partial charge in [-0.05, 0) is 18.6 Å². The summed E-state index contributed by atoms with van der Waals surface area (Å²) in [5.74, 6) is 0.00243. The van der Waals surface area contributed by atoms with Crippen LogP contribution in [-0.4, -0.2) is 40.6 Å². The third-order valence-corrected chi connectivity index (χ3v) is 4.40. The molecule has 3 rings (SSSR count). The first kappa shape index (κ1) is 16.1. The molecule has 2 aromatic rings. The SMILES string of the molecule is CC1(C(=O)C(Cc2ccccc2Cl)n2cncn2)COCOC1. The van der Waals surface area contributed by atoms with E-state index in [1.54, 1.807) is 11.0 Å². The van der Waals surface area contributed by atoms with Crippen LogP contribution >= 0.6 is 11.6 Å². The molecule has 1 aromatic heterocycles. The van der Waals surface area contributed by atoms with Crippen molar-refractivity contribution in [3.63, 3.8) is 0 Å². The molecule has 0 bridgehead atoms. The molecule has 1 fully saturated rings. The van der Waals surface area contributed by atoms with E-state index in [9.17, 15) is 4.79 Å². The van der Waals surface area contributed by atoms with Crippen molar-refractivity contribution in [2.75, 3.05) is 20.0 Å². The van der Waals surface area contributed by atoms with Gasteiger partial charge in [-0.15, -0.1) is 0 Å². The zero-order valence-corrected chi connectivity index (χ0v) is 13.6. The molecule has 122 valence electrons. The molecule has 1 aliphatic rings. The fourth-order valence-electron chi connectivity index (χ4n) is 2.74. The predicted octanol–water partition coefficient (Wildman–Crippen LogP) is 2.29. The van der Waals surface area contributed by atoms with Crippen LogP contribution in [0.25, 0.3) is 0 Å². The molecule has 0 spiro atoms. The summed E-state index contributed by atoms with van der Waals surface area (Å²) in [6, 6.07) is 6.98. The minimum Gasteiger partial charge on any atom is -0.354 e. The van der Waals surface area contributed by atoms with Gasteiger partial charge in [0.1, 0.15) is 25.5 Å². The van der Waals surface area contributed by atoms with Gasteiger partial charge in [-0.25, -0.2) is 9.67 Å². The smallest absolute Gasteiger partial charge is 0.168 e. The van der Waals surface area contributed by atoms with Gasteiger partial charge in [0.05, 0.1) is 18.6 Å². The van der Waals surface area contributed by atoms with E-state index in [0.717, 1.165) is 5.56 Å². The average Bonchev–Trinajstić information content (AvgIpc) is 3.08. The Labute approximate surface area is 139 Å². The first-order valence-electron chi connectivity index (χ1n) is 7.37. The Balaban J connectivity index is 1.90. The number of rotatable bonds is 5. The average molecular weight is 336 g/mol. The number of Topliss-reactive ketones (excluding diaryl/α,β-unsaturated/α-hetero) is 1. The molecule has 0 amide bonds. The minimum absolute atomic E-state index is 0.00243. The summed E-state index contributed by atoms with van der Waals surface area (Å²) in [6.45, 7) is 2.74. The van der Waals surface area contributed by atoms with Crippen LogP contribution in [0.5, 0.6) is 0 Å². The normalized spacial score (nSPS) is 18.5. The van der Waals surface area contributed by atoms with Crippen molar-refractivity contribution in [3.8, 4) is 0 Å². The number of hydrogen-bond acceptors (Lipinski definition) is 5. The maximum atomic E-state index is 13.1. The van der Waals surface area contributed by atoms with Crippen molar-refractivity contribution in [2.45, 2.75) is 19.4 Å². The first-order valence-corrected chi connectivity index (χ1v) is 7.75. The zero-order valence-electron chi connectivity index (χ0n) is 12.8. The number of carbonyl (C=O) groups excluding carboxylic acids is 1. The molecular formula is C16H18ClN3O3. The molecule has 23 heavy (non-hydrogen) atoms. The lowest BCUT2D eigenvalue weighted by Gasteiger charge is -2.34. The molecule has 1 saturated heterocycles. The standard InChI is InChI=1S/C16H18ClN3O3/c1-16(7-22-11-23-8-16)15(21)14(20-10-18-9-19-20)6-12-4-2-3-5-13(12)17/h2-5,9-10,14H,6-8,11H2,1H3. The number of ether oxygens (including phenoxy) is 2. The summed E-state index contributed by atoms with van der Waals surface area (Å²) in [6.07, 6.45) is 3.41. The highest BCUT2D eigenvalue weighted by atomic mass is 35.5. The van der Waals surface area contributed by atoms with Crippen LogP contribution in [0.15, 0.2) is 36.9 Å². The number of nitrogens with zero attached hydrogens (tertiary/aromatic N) is 3. The van der Waals surface area contributed by atoms with Crippen LogP contribution in [0.1, 0.15) is 18.5 Å². The molecule has 1 unspecified atom stereocenters. The number of benzene rings is 1. The Morgan fingerprint density at radius 1 is 1.39 bits per heavy atom. The lowest BCUT2D eigenvalue weighted by molar-refractivity contribution is -0.174. The molecule has 6 nitrogen and oxygen atoms in total. The maximum Gasteiger partial charge on any atom is 0.168 e. The fourth-order valence-corrected chi connectivity index (χ4v) is 2.95. The van der Waals surface area contributed by atoms with Gasteiger partial charge < -0.3 is 9.47 Å². The molecule has 0 saturated carbocycles. The topological polar surface area (TPSA) is 66.2 Å². The van der Waals surface area contributed by atoms with Crippen molar-refractivity contribution in [1.29, 1.82) is 0 Å². The third-order valence-electron chi connectivity index (χ3n) is 4.03. The van der Waals surface area contributed by atoms with E-state index in [0.29, 0.717) is 24.7 Å². The highest BCUT2D eigenvalue weighted by molar-refractivity contribution is 6.31. The van der Waals surface area contributed by atoms with E-state index >= 15 is 0 Å². The molecule has 2 heterocycles. The molecule has 0 radical (unpaired) electrons. The third kappa shape index (κ3) is 3.44. The highest BCUT2D eigenvalue weighted by Crippen LogP contribution is 2.31. The van der Waals surface area contributed by atoms with Crippen LogP contribution < -0.4 is 0 Å². The molecule has 0 aliphatic carbocycles. The van der Waals surface area contributed by atoms with Gasteiger partial charge in [-0.1, -0.05) is 29.8 Å². The molecule has 1 aliphatic heterocycles. The van der Waals surface area contributed by atoms with Crippen molar-refractivity contribution in [1.82, 2.24) is 14.8 Å². The Bertz CT molecular complexity index is 669. The van der Waals surface area contributed by atoms with Crippen LogP contribution in [0.4, 0.5) is 0 Å². The number of hydrogen-bond donors (Lipinski definition) is 0. The number of halogens is 1. The Hall–Kier alpha value is -1.76. The van der Waals surface area contributed by atoms with Crippen molar-refractivity contribution in [3.05, 3.63) is 47.5 Å². The largest absolute Gasteiger partial charge is 0.354 e. The molecular weight excluding hydrogens is 318 g/mol. The van der Waals surface area contributed by atoms with Crippen molar-refractivity contribution in [2.24, 2.45) is 5.41 Å². The summed E-state index contributed by atoms with van der Waals surface area (Å²) in [7, 11) is 0. The van der Waals surface area contributed by atoms with E-state index in [1.165, 1.54) is 6.33 Å². The van der Waals surface area contributed by atoms with Crippen molar-refractivity contribution >= 4 is 17.4 Å². The Kier molecular flexibility index (Phi) is 4.75. The van der Waals surface area contributed by atoms with E-state index < -0.39 is 11.5 Å². The quantitative estimate of drug-likeness (QED) is 0.838. The number of carbonyl (C=O) groups is 1. The second-order valence-corrected chi connectivity index (χ2v) is 6.33. The summed E-state index contributed by atoms with van der Waals surface area (Å²) in [4.78, 5) is 17.1. The van der Waals surface area contributed by atoms with Gasteiger partial charge in [0.25, 0.3) is 0 Å². The zero-order chi connectivity index (χ0) is 16.3. The molecule has 1 aromatic carbocycles. The van der Waals surface area contributed by atoms with E-state index in [2.05, 4.69) is 10.1 Å². The van der Waals surface area contributed by atoms with Gasteiger partial charge >= 0.3 is 0 Å². The van der Waals surface area contributed by atoms with Crippen LogP contribution in [0, 0.1) is 5.41 Å². The number of ketones is 1. The summed E-state index contributed by atoms with van der Waals surface area (Å²) < 4.78 is 12.2. The molecule has 0 N–H and O–H groups in total. The Morgan fingerprint density at radius 3 is 2.78 bits per heavy atom. The lowest BCUT2D eigenvalue weighted by atomic mass is 9.81. The lowest BCUT2D eigenvalue weighted by Crippen LogP contribution is -2.45. The molecule has 7 heteroatoms. The predicted molar refractivity (Wildman–Crippen MR) is 84.1 cm³/mol. The van der Waals surface area contributed by atoms with Crippen molar-refractivity contribution < 1.29 is 14.3 Å². The van der Waals surface area contributed by atoms with Gasteiger partial charge in [0.15, 0.2) is 5.78 Å². The second-order valence-electron chi connectivity index (χ2n) is 5.93. The van der Waals surface area contributed by atoms with Crippen LogP contribution in [-0.2, 0) is 20.7 Å². The maximum absolute atomic E-state index is 13.1. The fraction of sp³-hybridized carbons (Fsp3) is 0.438. The first-order chi connectivity index (χ1) is 11.1. The van der Waals surface area contributed by atoms with Gasteiger partial charge in [-0.3, -0.25) is 4.79 Å². The second kappa shape index (κ2) is 6.78. The summed E-state index contributed by atoms with van der Waals surface area (Å²) in [5.41, 5.74) is 0.181. The minimum atomic E-state index is -0.712.